The van der Waals surface area contributed by atoms with Gasteiger partial charge in [-0.2, -0.15) is 5.26 Å². The minimum absolute atomic E-state index is 0.219. The van der Waals surface area contributed by atoms with Crippen molar-refractivity contribution >= 4 is 47.6 Å². The Morgan fingerprint density at radius 3 is 2.53 bits per heavy atom. The van der Waals surface area contributed by atoms with Crippen LogP contribution in [0, 0.1) is 11.3 Å². The molecule has 0 saturated heterocycles. The number of anilines is 1. The van der Waals surface area contributed by atoms with Crippen LogP contribution in [-0.4, -0.2) is 20.8 Å². The normalized spacial score (nSPS) is 12.6. The minimum atomic E-state index is -3.75. The first-order valence-electron chi connectivity index (χ1n) is 5.30. The summed E-state index contributed by atoms with van der Waals surface area (Å²) in [6, 6.07) is 4.97. The summed E-state index contributed by atoms with van der Waals surface area (Å²) >= 11 is 6.55. The molecule has 8 heteroatoms. The second-order valence-electron chi connectivity index (χ2n) is 3.64. The van der Waals surface area contributed by atoms with E-state index in [9.17, 15) is 8.42 Å². The Bertz CT molecular complexity index is 611. The molecule has 0 aliphatic heterocycles. The summed E-state index contributed by atoms with van der Waals surface area (Å²) < 4.78 is 32.7. The monoisotopic (exact) mass is 410 g/mol. The van der Waals surface area contributed by atoms with Crippen molar-refractivity contribution in [2.24, 2.45) is 0 Å². The van der Waals surface area contributed by atoms with Crippen molar-refractivity contribution in [1.82, 2.24) is 0 Å². The SMILES string of the molecule is CCC(C#N)S(=O)(=O)Nc1cc(OC)c(Br)cc1Br. The third kappa shape index (κ3) is 3.84. The zero-order valence-corrected chi connectivity index (χ0v) is 14.3. The fourth-order valence-corrected chi connectivity index (χ4v) is 3.95. The standard InChI is InChI=1S/C11H12Br2N2O3S/c1-3-7(6-14)19(16,17)15-10-5-11(18-2)9(13)4-8(10)12/h4-5,7,15H,3H2,1-2H3. The van der Waals surface area contributed by atoms with Crippen LogP contribution in [0.15, 0.2) is 21.1 Å². The second-order valence-corrected chi connectivity index (χ2v) is 7.21. The lowest BCUT2D eigenvalue weighted by Crippen LogP contribution is -2.26. The number of nitriles is 1. The highest BCUT2D eigenvalue weighted by atomic mass is 79.9. The molecule has 0 aromatic heterocycles. The lowest BCUT2D eigenvalue weighted by Gasteiger charge is -2.14. The van der Waals surface area contributed by atoms with Gasteiger partial charge < -0.3 is 4.74 Å². The zero-order valence-electron chi connectivity index (χ0n) is 10.3. The van der Waals surface area contributed by atoms with Gasteiger partial charge >= 0.3 is 0 Å². The summed E-state index contributed by atoms with van der Waals surface area (Å²) in [6.45, 7) is 1.64. The van der Waals surface area contributed by atoms with Gasteiger partial charge in [-0.15, -0.1) is 0 Å². The fraction of sp³-hybridized carbons (Fsp3) is 0.364. The van der Waals surface area contributed by atoms with Crippen LogP contribution in [0.1, 0.15) is 13.3 Å². The molecule has 1 rings (SSSR count). The van der Waals surface area contributed by atoms with Gasteiger partial charge in [-0.1, -0.05) is 6.92 Å². The Hall–Kier alpha value is -0.780. The molecule has 0 aliphatic rings. The van der Waals surface area contributed by atoms with Crippen molar-refractivity contribution in [2.75, 3.05) is 11.8 Å². The third-order valence-electron chi connectivity index (χ3n) is 2.38. The highest BCUT2D eigenvalue weighted by Crippen LogP contribution is 2.35. The molecule has 0 radical (unpaired) electrons. The van der Waals surface area contributed by atoms with Crippen molar-refractivity contribution in [2.45, 2.75) is 18.6 Å². The highest BCUT2D eigenvalue weighted by molar-refractivity contribution is 9.11. The highest BCUT2D eigenvalue weighted by Gasteiger charge is 2.24. The number of hydrogen-bond donors (Lipinski definition) is 1. The average Bonchev–Trinajstić information content (AvgIpc) is 2.33. The van der Waals surface area contributed by atoms with Crippen LogP contribution in [0.5, 0.6) is 5.75 Å². The van der Waals surface area contributed by atoms with E-state index < -0.39 is 15.3 Å². The van der Waals surface area contributed by atoms with Crippen molar-refractivity contribution in [1.29, 1.82) is 5.26 Å². The van der Waals surface area contributed by atoms with Gasteiger partial charge in [-0.25, -0.2) is 8.42 Å². The van der Waals surface area contributed by atoms with Gasteiger partial charge in [0.05, 0.1) is 23.3 Å². The largest absolute Gasteiger partial charge is 0.495 e. The second kappa shape index (κ2) is 6.59. The van der Waals surface area contributed by atoms with Crippen LogP contribution in [0.2, 0.25) is 0 Å². The number of hydrogen-bond acceptors (Lipinski definition) is 4. The summed E-state index contributed by atoms with van der Waals surface area (Å²) in [5, 5.41) is 7.75. The first-order chi connectivity index (χ1) is 8.85. The molecule has 0 aliphatic carbocycles. The molecule has 1 aromatic rings. The third-order valence-corrected chi connectivity index (χ3v) is 5.35. The van der Waals surface area contributed by atoms with Crippen molar-refractivity contribution in [3.8, 4) is 11.8 Å². The van der Waals surface area contributed by atoms with Gasteiger partial charge in [0.15, 0.2) is 5.25 Å². The number of halogens is 2. The van der Waals surface area contributed by atoms with Crippen LogP contribution in [0.25, 0.3) is 0 Å². The Labute approximate surface area is 129 Å². The van der Waals surface area contributed by atoms with E-state index in [4.69, 9.17) is 10.00 Å². The van der Waals surface area contributed by atoms with Crippen molar-refractivity contribution < 1.29 is 13.2 Å². The summed E-state index contributed by atoms with van der Waals surface area (Å²) in [7, 11) is -2.27. The van der Waals surface area contributed by atoms with Gasteiger partial charge in [0.2, 0.25) is 10.0 Å². The van der Waals surface area contributed by atoms with Crippen LogP contribution in [0.4, 0.5) is 5.69 Å². The van der Waals surface area contributed by atoms with E-state index in [0.29, 0.717) is 20.4 Å². The van der Waals surface area contributed by atoms with Crippen LogP contribution in [-0.2, 0) is 10.0 Å². The lowest BCUT2D eigenvalue weighted by atomic mass is 10.3. The molecule has 19 heavy (non-hydrogen) atoms. The topological polar surface area (TPSA) is 79.2 Å². The van der Waals surface area contributed by atoms with Gasteiger partial charge in [0.25, 0.3) is 0 Å². The Morgan fingerprint density at radius 2 is 2.05 bits per heavy atom. The number of nitrogens with zero attached hydrogens (tertiary/aromatic N) is 1. The number of methoxy groups -OCH3 is 1. The summed E-state index contributed by atoms with van der Waals surface area (Å²) in [6.07, 6.45) is 0.219. The molecular weight excluding hydrogens is 400 g/mol. The molecule has 1 unspecified atom stereocenters. The van der Waals surface area contributed by atoms with Crippen molar-refractivity contribution in [3.05, 3.63) is 21.1 Å². The predicted octanol–water partition coefficient (Wildman–Crippen LogP) is 3.26. The molecule has 104 valence electrons. The molecule has 0 amide bonds. The first-order valence-corrected chi connectivity index (χ1v) is 8.43. The molecule has 0 fully saturated rings. The number of ether oxygens (including phenoxy) is 1. The molecule has 0 saturated carbocycles. The van der Waals surface area contributed by atoms with E-state index in [0.717, 1.165) is 0 Å². The van der Waals surface area contributed by atoms with Gasteiger partial charge in [0.1, 0.15) is 5.75 Å². The fourth-order valence-electron chi connectivity index (χ4n) is 1.37. The summed E-state index contributed by atoms with van der Waals surface area (Å²) in [4.78, 5) is 0. The molecule has 1 atom stereocenters. The van der Waals surface area contributed by atoms with E-state index >= 15 is 0 Å². The smallest absolute Gasteiger partial charge is 0.249 e. The lowest BCUT2D eigenvalue weighted by molar-refractivity contribution is 0.412. The van der Waals surface area contributed by atoms with E-state index in [1.807, 2.05) is 0 Å². The Morgan fingerprint density at radius 1 is 1.42 bits per heavy atom. The Kier molecular flexibility index (Phi) is 5.64. The molecular formula is C11H12Br2N2O3S. The number of rotatable bonds is 5. The van der Waals surface area contributed by atoms with Gasteiger partial charge in [-0.3, -0.25) is 4.72 Å². The predicted molar refractivity (Wildman–Crippen MR) is 80.6 cm³/mol. The summed E-state index contributed by atoms with van der Waals surface area (Å²) in [5.41, 5.74) is 0.328. The molecule has 0 bridgehead atoms. The van der Waals surface area contributed by atoms with Gasteiger partial charge in [-0.05, 0) is 44.3 Å². The maximum absolute atomic E-state index is 12.0. The Balaban J connectivity index is 3.17. The van der Waals surface area contributed by atoms with Gasteiger partial charge in [0, 0.05) is 10.5 Å². The minimum Gasteiger partial charge on any atom is -0.495 e. The van der Waals surface area contributed by atoms with Crippen LogP contribution >= 0.6 is 31.9 Å². The average molecular weight is 412 g/mol. The zero-order chi connectivity index (χ0) is 14.6. The van der Waals surface area contributed by atoms with E-state index in [1.165, 1.54) is 13.2 Å². The molecule has 0 heterocycles. The number of benzene rings is 1. The van der Waals surface area contributed by atoms with E-state index in [2.05, 4.69) is 36.6 Å². The van der Waals surface area contributed by atoms with Crippen LogP contribution < -0.4 is 9.46 Å². The maximum Gasteiger partial charge on any atom is 0.249 e. The quantitative estimate of drug-likeness (QED) is 0.806. The van der Waals surface area contributed by atoms with Crippen LogP contribution in [0.3, 0.4) is 0 Å². The first kappa shape index (κ1) is 16.3. The molecule has 1 N–H and O–H groups in total. The maximum atomic E-state index is 12.0. The van der Waals surface area contributed by atoms with E-state index in [-0.39, 0.29) is 6.42 Å². The van der Waals surface area contributed by atoms with E-state index in [1.54, 1.807) is 19.1 Å². The number of sulfonamides is 1. The molecule has 0 spiro atoms. The summed E-state index contributed by atoms with van der Waals surface area (Å²) in [5.74, 6) is 0.492. The molecule has 1 aromatic carbocycles. The number of nitrogens with one attached hydrogen (secondary N) is 1. The van der Waals surface area contributed by atoms with Crippen molar-refractivity contribution in [3.63, 3.8) is 0 Å². The molecule has 5 nitrogen and oxygen atoms in total.